The SMILES string of the molecule is Cc1ccccc1-c1nc2cc(N)ccc2n1C. The first-order valence-corrected chi connectivity index (χ1v) is 5.95. The largest absolute Gasteiger partial charge is 0.399 e. The van der Waals surface area contributed by atoms with Crippen LogP contribution in [0.2, 0.25) is 0 Å². The molecule has 0 saturated heterocycles. The molecule has 3 rings (SSSR count). The highest BCUT2D eigenvalue weighted by atomic mass is 15.1. The summed E-state index contributed by atoms with van der Waals surface area (Å²) in [5.74, 6) is 0.980. The minimum atomic E-state index is 0.747. The molecule has 90 valence electrons. The zero-order chi connectivity index (χ0) is 12.7. The smallest absolute Gasteiger partial charge is 0.141 e. The van der Waals surface area contributed by atoms with Gasteiger partial charge in [-0.05, 0) is 30.7 Å². The standard InChI is InChI=1S/C15H15N3/c1-10-5-3-4-6-12(10)15-17-13-9-11(16)7-8-14(13)18(15)2/h3-9H,16H2,1-2H3. The van der Waals surface area contributed by atoms with Crippen molar-refractivity contribution in [3.05, 3.63) is 48.0 Å². The van der Waals surface area contributed by atoms with Crippen LogP contribution in [0.3, 0.4) is 0 Å². The molecule has 2 aromatic carbocycles. The Balaban J connectivity index is 2.31. The maximum Gasteiger partial charge on any atom is 0.141 e. The molecule has 0 unspecified atom stereocenters. The molecule has 0 saturated carbocycles. The van der Waals surface area contributed by atoms with Gasteiger partial charge in [-0.15, -0.1) is 0 Å². The van der Waals surface area contributed by atoms with E-state index in [1.807, 2.05) is 37.4 Å². The van der Waals surface area contributed by atoms with Crippen molar-refractivity contribution in [3.8, 4) is 11.4 Å². The first-order valence-electron chi connectivity index (χ1n) is 5.95. The van der Waals surface area contributed by atoms with Gasteiger partial charge in [0.25, 0.3) is 0 Å². The molecular weight excluding hydrogens is 222 g/mol. The van der Waals surface area contributed by atoms with Crippen LogP contribution in [0.5, 0.6) is 0 Å². The lowest BCUT2D eigenvalue weighted by molar-refractivity contribution is 0.957. The number of hydrogen-bond donors (Lipinski definition) is 1. The Hall–Kier alpha value is -2.29. The molecule has 3 nitrogen and oxygen atoms in total. The number of nitrogens with zero attached hydrogens (tertiary/aromatic N) is 2. The van der Waals surface area contributed by atoms with Crippen molar-refractivity contribution >= 4 is 16.7 Å². The molecule has 0 spiro atoms. The number of benzene rings is 2. The molecule has 0 amide bonds. The molecule has 3 aromatic rings. The number of aromatic nitrogens is 2. The molecule has 3 heteroatoms. The maximum absolute atomic E-state index is 5.80. The summed E-state index contributed by atoms with van der Waals surface area (Å²) in [5, 5.41) is 0. The van der Waals surface area contributed by atoms with Crippen molar-refractivity contribution in [2.45, 2.75) is 6.92 Å². The summed E-state index contributed by atoms with van der Waals surface area (Å²) in [6.45, 7) is 2.10. The van der Waals surface area contributed by atoms with Gasteiger partial charge in [0, 0.05) is 18.3 Å². The van der Waals surface area contributed by atoms with E-state index >= 15 is 0 Å². The van der Waals surface area contributed by atoms with Crippen LogP contribution in [0.1, 0.15) is 5.56 Å². The fourth-order valence-corrected chi connectivity index (χ4v) is 2.28. The third-order valence-electron chi connectivity index (χ3n) is 3.29. The fourth-order valence-electron chi connectivity index (χ4n) is 2.28. The third kappa shape index (κ3) is 1.56. The van der Waals surface area contributed by atoms with Crippen molar-refractivity contribution in [1.82, 2.24) is 9.55 Å². The number of rotatable bonds is 1. The minimum absolute atomic E-state index is 0.747. The second kappa shape index (κ2) is 3.88. The average molecular weight is 237 g/mol. The van der Waals surface area contributed by atoms with E-state index in [0.29, 0.717) is 0 Å². The van der Waals surface area contributed by atoms with Crippen LogP contribution in [-0.4, -0.2) is 9.55 Å². The highest BCUT2D eigenvalue weighted by Gasteiger charge is 2.11. The summed E-state index contributed by atoms with van der Waals surface area (Å²) in [6, 6.07) is 14.1. The Bertz CT molecular complexity index is 726. The van der Waals surface area contributed by atoms with E-state index < -0.39 is 0 Å². The van der Waals surface area contributed by atoms with Crippen LogP contribution in [0.15, 0.2) is 42.5 Å². The molecule has 0 aliphatic rings. The van der Waals surface area contributed by atoms with E-state index in [4.69, 9.17) is 5.73 Å². The van der Waals surface area contributed by atoms with Gasteiger partial charge in [0.15, 0.2) is 0 Å². The lowest BCUT2D eigenvalue weighted by Gasteiger charge is -2.05. The number of nitrogens with two attached hydrogens (primary N) is 1. The monoisotopic (exact) mass is 237 g/mol. The van der Waals surface area contributed by atoms with E-state index in [-0.39, 0.29) is 0 Å². The molecule has 0 radical (unpaired) electrons. The molecule has 1 heterocycles. The summed E-state index contributed by atoms with van der Waals surface area (Å²) in [5.41, 5.74) is 11.0. The Kier molecular flexibility index (Phi) is 2.33. The van der Waals surface area contributed by atoms with Crippen molar-refractivity contribution < 1.29 is 0 Å². The Labute approximate surface area is 106 Å². The number of fused-ring (bicyclic) bond motifs is 1. The van der Waals surface area contributed by atoms with E-state index in [1.54, 1.807) is 0 Å². The van der Waals surface area contributed by atoms with Gasteiger partial charge in [0.1, 0.15) is 5.82 Å². The average Bonchev–Trinajstić information content (AvgIpc) is 2.67. The lowest BCUT2D eigenvalue weighted by Crippen LogP contribution is -1.94. The Morgan fingerprint density at radius 3 is 2.67 bits per heavy atom. The Morgan fingerprint density at radius 2 is 1.89 bits per heavy atom. The van der Waals surface area contributed by atoms with Gasteiger partial charge in [-0.3, -0.25) is 0 Å². The molecule has 0 bridgehead atoms. The molecule has 2 N–H and O–H groups in total. The zero-order valence-corrected chi connectivity index (χ0v) is 10.5. The van der Waals surface area contributed by atoms with Crippen LogP contribution in [-0.2, 0) is 7.05 Å². The van der Waals surface area contributed by atoms with Crippen molar-refractivity contribution in [3.63, 3.8) is 0 Å². The maximum atomic E-state index is 5.80. The molecule has 1 aromatic heterocycles. The fraction of sp³-hybridized carbons (Fsp3) is 0.133. The molecule has 0 aliphatic carbocycles. The second-order valence-electron chi connectivity index (χ2n) is 4.56. The number of aryl methyl sites for hydroxylation is 2. The predicted molar refractivity (Wildman–Crippen MR) is 75.3 cm³/mol. The summed E-state index contributed by atoms with van der Waals surface area (Å²) in [7, 11) is 2.04. The highest BCUT2D eigenvalue weighted by molar-refractivity contribution is 5.83. The van der Waals surface area contributed by atoms with Gasteiger partial charge in [-0.1, -0.05) is 24.3 Å². The summed E-state index contributed by atoms with van der Waals surface area (Å²) in [6.07, 6.45) is 0. The van der Waals surface area contributed by atoms with Crippen LogP contribution in [0, 0.1) is 6.92 Å². The minimum Gasteiger partial charge on any atom is -0.399 e. The van der Waals surface area contributed by atoms with Gasteiger partial charge in [0.2, 0.25) is 0 Å². The van der Waals surface area contributed by atoms with Crippen LogP contribution in [0.25, 0.3) is 22.4 Å². The highest BCUT2D eigenvalue weighted by Crippen LogP contribution is 2.26. The molecule has 0 atom stereocenters. The molecule has 18 heavy (non-hydrogen) atoms. The number of anilines is 1. The lowest BCUT2D eigenvalue weighted by atomic mass is 10.1. The first kappa shape index (κ1) is 10.8. The first-order chi connectivity index (χ1) is 8.66. The molecule has 0 aliphatic heterocycles. The van der Waals surface area contributed by atoms with Gasteiger partial charge < -0.3 is 10.3 Å². The zero-order valence-electron chi connectivity index (χ0n) is 10.5. The second-order valence-corrected chi connectivity index (χ2v) is 4.56. The summed E-state index contributed by atoms with van der Waals surface area (Å²) < 4.78 is 2.11. The van der Waals surface area contributed by atoms with Gasteiger partial charge >= 0.3 is 0 Å². The van der Waals surface area contributed by atoms with Crippen molar-refractivity contribution in [2.75, 3.05) is 5.73 Å². The van der Waals surface area contributed by atoms with Crippen molar-refractivity contribution in [1.29, 1.82) is 0 Å². The van der Waals surface area contributed by atoms with E-state index in [0.717, 1.165) is 28.1 Å². The number of imidazole rings is 1. The van der Waals surface area contributed by atoms with E-state index in [9.17, 15) is 0 Å². The molecule has 0 fully saturated rings. The van der Waals surface area contributed by atoms with Gasteiger partial charge in [0.05, 0.1) is 11.0 Å². The van der Waals surface area contributed by atoms with E-state index in [2.05, 4.69) is 28.6 Å². The van der Waals surface area contributed by atoms with Gasteiger partial charge in [-0.25, -0.2) is 4.98 Å². The van der Waals surface area contributed by atoms with E-state index in [1.165, 1.54) is 5.56 Å². The Morgan fingerprint density at radius 1 is 1.11 bits per heavy atom. The third-order valence-corrected chi connectivity index (χ3v) is 3.29. The summed E-state index contributed by atoms with van der Waals surface area (Å²) in [4.78, 5) is 4.69. The van der Waals surface area contributed by atoms with Crippen LogP contribution >= 0.6 is 0 Å². The predicted octanol–water partition coefficient (Wildman–Crippen LogP) is 3.13. The van der Waals surface area contributed by atoms with Crippen LogP contribution in [0.4, 0.5) is 5.69 Å². The normalized spacial score (nSPS) is 11.0. The topological polar surface area (TPSA) is 43.8 Å². The quantitative estimate of drug-likeness (QED) is 0.661. The molecular formula is C15H15N3. The summed E-state index contributed by atoms with van der Waals surface area (Å²) >= 11 is 0. The van der Waals surface area contributed by atoms with Gasteiger partial charge in [-0.2, -0.15) is 0 Å². The number of nitrogen functional groups attached to an aromatic ring is 1. The number of hydrogen-bond acceptors (Lipinski definition) is 2. The van der Waals surface area contributed by atoms with Crippen LogP contribution < -0.4 is 5.73 Å². The van der Waals surface area contributed by atoms with Crippen molar-refractivity contribution in [2.24, 2.45) is 7.05 Å².